The first-order valence-corrected chi connectivity index (χ1v) is 10.4. The number of aromatic nitrogens is 1. The SMILES string of the molecule is NC(=O)c1cc(-c2ccc(F)cc2)c2sc(CN3CCSCC3)cc2n1. The second-order valence-corrected chi connectivity index (χ2v) is 8.60. The van der Waals surface area contributed by atoms with Gasteiger partial charge in [0.05, 0.1) is 10.2 Å². The highest BCUT2D eigenvalue weighted by atomic mass is 32.2. The van der Waals surface area contributed by atoms with E-state index < -0.39 is 5.91 Å². The molecule has 134 valence electrons. The average Bonchev–Trinajstić information content (AvgIpc) is 3.04. The van der Waals surface area contributed by atoms with Crippen LogP contribution in [0, 0.1) is 5.82 Å². The molecule has 26 heavy (non-hydrogen) atoms. The van der Waals surface area contributed by atoms with Crippen molar-refractivity contribution in [3.8, 4) is 11.1 Å². The number of nitrogens with two attached hydrogens (primary N) is 1. The van der Waals surface area contributed by atoms with E-state index in [0.717, 1.165) is 52.5 Å². The maximum absolute atomic E-state index is 13.3. The van der Waals surface area contributed by atoms with E-state index in [0.29, 0.717) is 0 Å². The number of thiophene rings is 1. The summed E-state index contributed by atoms with van der Waals surface area (Å²) in [6.07, 6.45) is 0. The van der Waals surface area contributed by atoms with Gasteiger partial charge in [-0.05, 0) is 29.8 Å². The molecule has 1 aliphatic heterocycles. The van der Waals surface area contributed by atoms with E-state index in [1.54, 1.807) is 29.5 Å². The maximum Gasteiger partial charge on any atom is 0.267 e. The van der Waals surface area contributed by atoms with Gasteiger partial charge >= 0.3 is 0 Å². The number of primary amides is 1. The Hall–Kier alpha value is -1.96. The highest BCUT2D eigenvalue weighted by molar-refractivity contribution is 7.99. The van der Waals surface area contributed by atoms with Crippen molar-refractivity contribution in [2.75, 3.05) is 24.6 Å². The Morgan fingerprint density at radius 3 is 2.62 bits per heavy atom. The van der Waals surface area contributed by atoms with Crippen molar-refractivity contribution in [3.63, 3.8) is 0 Å². The molecule has 0 atom stereocenters. The molecule has 0 spiro atoms. The molecule has 7 heteroatoms. The fourth-order valence-electron chi connectivity index (χ4n) is 3.10. The van der Waals surface area contributed by atoms with Crippen LogP contribution in [0.3, 0.4) is 0 Å². The van der Waals surface area contributed by atoms with Crippen LogP contribution in [0.25, 0.3) is 21.3 Å². The summed E-state index contributed by atoms with van der Waals surface area (Å²) in [5.41, 5.74) is 8.19. The minimum Gasteiger partial charge on any atom is -0.364 e. The summed E-state index contributed by atoms with van der Waals surface area (Å²) < 4.78 is 14.3. The summed E-state index contributed by atoms with van der Waals surface area (Å²) in [6.45, 7) is 3.06. The number of carbonyl (C=O) groups is 1. The first-order chi connectivity index (χ1) is 12.6. The van der Waals surface area contributed by atoms with Gasteiger partial charge in [-0.25, -0.2) is 9.37 Å². The third-order valence-corrected chi connectivity index (χ3v) is 6.51. The van der Waals surface area contributed by atoms with Crippen molar-refractivity contribution in [2.24, 2.45) is 5.73 Å². The summed E-state index contributed by atoms with van der Waals surface area (Å²) in [6, 6.07) is 10.0. The number of halogens is 1. The van der Waals surface area contributed by atoms with Gasteiger partial charge in [-0.2, -0.15) is 11.8 Å². The van der Waals surface area contributed by atoms with Crippen molar-refractivity contribution in [1.29, 1.82) is 0 Å². The Morgan fingerprint density at radius 2 is 1.92 bits per heavy atom. The normalized spacial score (nSPS) is 15.4. The Balaban J connectivity index is 1.78. The standard InChI is InChI=1S/C19H18FN3OS2/c20-13-3-1-12(2-4-13)15-10-17(19(21)24)22-16-9-14(26-18(15)16)11-23-5-7-25-8-6-23/h1-4,9-10H,5-8,11H2,(H2,21,24). The highest BCUT2D eigenvalue weighted by Crippen LogP contribution is 2.35. The number of hydrogen-bond acceptors (Lipinski definition) is 5. The van der Waals surface area contributed by atoms with E-state index in [1.807, 2.05) is 17.8 Å². The van der Waals surface area contributed by atoms with Crippen molar-refractivity contribution in [3.05, 3.63) is 52.8 Å². The molecule has 3 heterocycles. The molecular formula is C19H18FN3OS2. The lowest BCUT2D eigenvalue weighted by Crippen LogP contribution is -2.31. The van der Waals surface area contributed by atoms with Crippen LogP contribution in [-0.2, 0) is 6.54 Å². The first-order valence-electron chi connectivity index (χ1n) is 8.39. The van der Waals surface area contributed by atoms with E-state index in [4.69, 9.17) is 5.73 Å². The summed E-state index contributed by atoms with van der Waals surface area (Å²) in [4.78, 5) is 19.8. The molecule has 2 aromatic heterocycles. The van der Waals surface area contributed by atoms with Gasteiger partial charge in [0.2, 0.25) is 0 Å². The molecule has 4 nitrogen and oxygen atoms in total. The molecule has 3 aromatic rings. The van der Waals surface area contributed by atoms with Crippen molar-refractivity contribution in [2.45, 2.75) is 6.54 Å². The molecule has 0 unspecified atom stereocenters. The number of amides is 1. The number of pyridine rings is 1. The Bertz CT molecular complexity index is 949. The van der Waals surface area contributed by atoms with E-state index in [-0.39, 0.29) is 11.5 Å². The van der Waals surface area contributed by atoms with Gasteiger partial charge in [0, 0.05) is 41.6 Å². The molecule has 1 aromatic carbocycles. The largest absolute Gasteiger partial charge is 0.364 e. The molecule has 0 bridgehead atoms. The van der Waals surface area contributed by atoms with Crippen LogP contribution in [0.2, 0.25) is 0 Å². The van der Waals surface area contributed by atoms with Gasteiger partial charge in [-0.3, -0.25) is 9.69 Å². The summed E-state index contributed by atoms with van der Waals surface area (Å²) in [7, 11) is 0. The van der Waals surface area contributed by atoms with Gasteiger partial charge in [-0.15, -0.1) is 11.3 Å². The van der Waals surface area contributed by atoms with Crippen LogP contribution >= 0.6 is 23.1 Å². The molecule has 1 aliphatic rings. The molecule has 2 N–H and O–H groups in total. The second kappa shape index (κ2) is 7.34. The molecular weight excluding hydrogens is 369 g/mol. The summed E-state index contributed by atoms with van der Waals surface area (Å²) in [5.74, 6) is 1.48. The predicted molar refractivity (Wildman–Crippen MR) is 106 cm³/mol. The highest BCUT2D eigenvalue weighted by Gasteiger charge is 2.17. The maximum atomic E-state index is 13.3. The minimum atomic E-state index is -0.559. The van der Waals surface area contributed by atoms with E-state index >= 15 is 0 Å². The number of rotatable bonds is 4. The van der Waals surface area contributed by atoms with Crippen LogP contribution in [0.4, 0.5) is 4.39 Å². The third-order valence-electron chi connectivity index (χ3n) is 4.42. The topological polar surface area (TPSA) is 59.2 Å². The van der Waals surface area contributed by atoms with Crippen LogP contribution in [0.15, 0.2) is 36.4 Å². The van der Waals surface area contributed by atoms with Crippen LogP contribution in [0.1, 0.15) is 15.4 Å². The Kier molecular flexibility index (Phi) is 4.93. The predicted octanol–water partition coefficient (Wildman–Crippen LogP) is 3.75. The monoisotopic (exact) mass is 387 g/mol. The zero-order chi connectivity index (χ0) is 18.1. The first kappa shape index (κ1) is 17.5. The molecule has 1 amide bonds. The van der Waals surface area contributed by atoms with E-state index in [9.17, 15) is 9.18 Å². The molecule has 1 saturated heterocycles. The number of nitrogens with zero attached hydrogens (tertiary/aromatic N) is 2. The molecule has 0 radical (unpaired) electrons. The number of thioether (sulfide) groups is 1. The number of hydrogen-bond donors (Lipinski definition) is 1. The van der Waals surface area contributed by atoms with E-state index in [1.165, 1.54) is 17.0 Å². The summed E-state index contributed by atoms with van der Waals surface area (Å²) in [5, 5.41) is 0. The Labute approximate surface area is 159 Å². The lowest BCUT2D eigenvalue weighted by Gasteiger charge is -2.25. The summed E-state index contributed by atoms with van der Waals surface area (Å²) >= 11 is 3.67. The second-order valence-electron chi connectivity index (χ2n) is 6.24. The third kappa shape index (κ3) is 3.60. The quantitative estimate of drug-likeness (QED) is 0.741. The fourth-order valence-corrected chi connectivity index (χ4v) is 5.25. The average molecular weight is 388 g/mol. The van der Waals surface area contributed by atoms with Crippen molar-refractivity contribution < 1.29 is 9.18 Å². The molecule has 0 aliphatic carbocycles. The number of carbonyl (C=O) groups excluding carboxylic acids is 1. The van der Waals surface area contributed by atoms with Gasteiger partial charge in [0.1, 0.15) is 11.5 Å². The molecule has 1 fully saturated rings. The zero-order valence-corrected chi connectivity index (χ0v) is 15.7. The zero-order valence-electron chi connectivity index (χ0n) is 14.1. The number of fused-ring (bicyclic) bond motifs is 1. The van der Waals surface area contributed by atoms with Gasteiger partial charge < -0.3 is 5.73 Å². The smallest absolute Gasteiger partial charge is 0.267 e. The van der Waals surface area contributed by atoms with Crippen LogP contribution in [-0.4, -0.2) is 40.4 Å². The van der Waals surface area contributed by atoms with Gasteiger partial charge in [-0.1, -0.05) is 12.1 Å². The minimum absolute atomic E-state index is 0.232. The number of benzene rings is 1. The lowest BCUT2D eigenvalue weighted by molar-refractivity contribution is 0.0996. The van der Waals surface area contributed by atoms with Crippen LogP contribution < -0.4 is 5.73 Å². The van der Waals surface area contributed by atoms with Gasteiger partial charge in [0.25, 0.3) is 5.91 Å². The van der Waals surface area contributed by atoms with Crippen LogP contribution in [0.5, 0.6) is 0 Å². The molecule has 4 rings (SSSR count). The fraction of sp³-hybridized carbons (Fsp3) is 0.263. The Morgan fingerprint density at radius 1 is 1.19 bits per heavy atom. The molecule has 0 saturated carbocycles. The van der Waals surface area contributed by atoms with Crippen molar-refractivity contribution >= 4 is 39.2 Å². The van der Waals surface area contributed by atoms with E-state index in [2.05, 4.69) is 9.88 Å². The van der Waals surface area contributed by atoms with Gasteiger partial charge in [0.15, 0.2) is 0 Å². The van der Waals surface area contributed by atoms with Crippen molar-refractivity contribution in [1.82, 2.24) is 9.88 Å². The lowest BCUT2D eigenvalue weighted by atomic mass is 10.0.